The third-order valence-electron chi connectivity index (χ3n) is 5.38. The molecule has 1 aliphatic rings. The molecule has 25 heavy (non-hydrogen) atoms. The van der Waals surface area contributed by atoms with E-state index in [1.54, 1.807) is 0 Å². The van der Waals surface area contributed by atoms with Gasteiger partial charge in [0.2, 0.25) is 6.34 Å². The standard InChI is InChI=1S/C16H33N2.F6P/c1-10-14(4,5)17-12-18(15(6,7)11-2)16(8,9)13(17)3;1-7(2,3,4,5)6/h12-13H,10-11H2,1-9H3;/q+1;-1. The molecular weight excluding hydrogens is 365 g/mol. The van der Waals surface area contributed by atoms with Gasteiger partial charge in [-0.25, -0.2) is 0 Å². The van der Waals surface area contributed by atoms with Crippen LogP contribution in [0.25, 0.3) is 0 Å². The quantitative estimate of drug-likeness (QED) is 0.274. The monoisotopic (exact) mass is 398 g/mol. The van der Waals surface area contributed by atoms with Gasteiger partial charge < -0.3 is 0 Å². The molecule has 0 amide bonds. The summed E-state index contributed by atoms with van der Waals surface area (Å²) in [5.74, 6) is 0. The Labute approximate surface area is 147 Å². The Bertz CT molecular complexity index is 508. The fraction of sp³-hybridized carbons (Fsp3) is 0.938. The Morgan fingerprint density at radius 3 is 1.60 bits per heavy atom. The average Bonchev–Trinajstić information content (AvgIpc) is 2.58. The fourth-order valence-corrected chi connectivity index (χ4v) is 2.88. The van der Waals surface area contributed by atoms with Crippen molar-refractivity contribution in [3.05, 3.63) is 0 Å². The molecule has 0 saturated carbocycles. The van der Waals surface area contributed by atoms with Gasteiger partial charge in [0.1, 0.15) is 22.7 Å². The summed E-state index contributed by atoms with van der Waals surface area (Å²) in [5.41, 5.74) is 0.636. The summed E-state index contributed by atoms with van der Waals surface area (Å²) >= 11 is 0. The second-order valence-electron chi connectivity index (χ2n) is 8.51. The van der Waals surface area contributed by atoms with E-state index in [4.69, 9.17) is 0 Å². The molecule has 0 aromatic rings. The topological polar surface area (TPSA) is 6.25 Å². The predicted molar refractivity (Wildman–Crippen MR) is 94.0 cm³/mol. The van der Waals surface area contributed by atoms with Crippen LogP contribution in [0.1, 0.15) is 75.2 Å². The van der Waals surface area contributed by atoms with Crippen molar-refractivity contribution in [3.8, 4) is 0 Å². The van der Waals surface area contributed by atoms with Crippen molar-refractivity contribution in [3.63, 3.8) is 0 Å². The third kappa shape index (κ3) is 7.71. The van der Waals surface area contributed by atoms with Crippen molar-refractivity contribution in [2.24, 2.45) is 0 Å². The van der Waals surface area contributed by atoms with Crippen molar-refractivity contribution in [2.45, 2.75) is 97.8 Å². The van der Waals surface area contributed by atoms with Gasteiger partial charge in [-0.05, 0) is 61.3 Å². The van der Waals surface area contributed by atoms with Gasteiger partial charge in [0.25, 0.3) is 0 Å². The molecule has 154 valence electrons. The van der Waals surface area contributed by atoms with Crippen LogP contribution in [0, 0.1) is 0 Å². The molecule has 0 aromatic heterocycles. The molecule has 0 bridgehead atoms. The van der Waals surface area contributed by atoms with Crippen molar-refractivity contribution < 1.29 is 29.8 Å². The first-order valence-electron chi connectivity index (χ1n) is 8.45. The number of hydrogen-bond acceptors (Lipinski definition) is 1. The molecule has 0 aliphatic carbocycles. The molecule has 0 saturated heterocycles. The van der Waals surface area contributed by atoms with Crippen molar-refractivity contribution in [1.82, 2.24) is 4.90 Å². The SMILES string of the molecule is CCC(C)(C)N1C=[N+](C(C)(C)CC)C(C)C1(C)C.F[P-](F)(F)(F)(F)F. The minimum atomic E-state index is -10.7. The van der Waals surface area contributed by atoms with Gasteiger partial charge in [-0.2, -0.15) is 0 Å². The van der Waals surface area contributed by atoms with Gasteiger partial charge in [-0.1, -0.05) is 13.8 Å². The van der Waals surface area contributed by atoms with E-state index in [1.165, 1.54) is 12.8 Å². The first-order chi connectivity index (χ1) is 10.5. The van der Waals surface area contributed by atoms with E-state index in [9.17, 15) is 25.2 Å². The van der Waals surface area contributed by atoms with Gasteiger partial charge >= 0.3 is 33.0 Å². The number of rotatable bonds is 4. The van der Waals surface area contributed by atoms with E-state index in [0.29, 0.717) is 6.04 Å². The molecule has 0 N–H and O–H groups in total. The second-order valence-corrected chi connectivity index (χ2v) is 10.4. The van der Waals surface area contributed by atoms with Crippen molar-refractivity contribution in [1.29, 1.82) is 0 Å². The maximum absolute atomic E-state index is 10.7. The average molecular weight is 398 g/mol. The van der Waals surface area contributed by atoms with Crippen LogP contribution in [-0.2, 0) is 0 Å². The van der Waals surface area contributed by atoms with Crippen LogP contribution in [0.2, 0.25) is 0 Å². The first-order valence-corrected chi connectivity index (χ1v) is 10.5. The summed E-state index contributed by atoms with van der Waals surface area (Å²) in [4.78, 5) is 2.57. The number of halogens is 6. The molecule has 1 unspecified atom stereocenters. The second kappa shape index (κ2) is 6.00. The summed E-state index contributed by atoms with van der Waals surface area (Å²) in [6.45, 7) is 21.1. The van der Waals surface area contributed by atoms with Crippen LogP contribution in [0.3, 0.4) is 0 Å². The number of hydrogen-bond donors (Lipinski definition) is 0. The molecule has 0 fully saturated rings. The van der Waals surface area contributed by atoms with Crippen LogP contribution < -0.4 is 0 Å². The van der Waals surface area contributed by atoms with E-state index in [0.717, 1.165) is 0 Å². The predicted octanol–water partition coefficient (Wildman–Crippen LogP) is 7.27. The Balaban J connectivity index is 0.000000697. The van der Waals surface area contributed by atoms with Gasteiger partial charge in [-0.15, -0.1) is 0 Å². The zero-order valence-electron chi connectivity index (χ0n) is 16.7. The molecule has 0 spiro atoms. The van der Waals surface area contributed by atoms with E-state index in [-0.39, 0.29) is 16.6 Å². The summed E-state index contributed by atoms with van der Waals surface area (Å²) in [6, 6.07) is 0.540. The van der Waals surface area contributed by atoms with Crippen LogP contribution in [0.4, 0.5) is 25.2 Å². The van der Waals surface area contributed by atoms with E-state index in [1.807, 2.05) is 0 Å². The van der Waals surface area contributed by atoms with Gasteiger partial charge in [0.15, 0.2) is 0 Å². The summed E-state index contributed by atoms with van der Waals surface area (Å²) < 4.78 is 61.8. The van der Waals surface area contributed by atoms with E-state index >= 15 is 0 Å². The van der Waals surface area contributed by atoms with Gasteiger partial charge in [-0.3, -0.25) is 9.48 Å². The molecule has 0 aromatic carbocycles. The Kier molecular flexibility index (Phi) is 5.87. The van der Waals surface area contributed by atoms with Crippen molar-refractivity contribution in [2.75, 3.05) is 0 Å². The Hall–Kier alpha value is -0.520. The summed E-state index contributed by atoms with van der Waals surface area (Å²) in [5, 5.41) is 0. The maximum atomic E-state index is 9.87. The zero-order chi connectivity index (χ0) is 20.8. The van der Waals surface area contributed by atoms with E-state index in [2.05, 4.69) is 78.1 Å². The van der Waals surface area contributed by atoms with Crippen LogP contribution in [0.5, 0.6) is 0 Å². The molecule has 2 nitrogen and oxygen atoms in total. The Morgan fingerprint density at radius 1 is 0.960 bits per heavy atom. The van der Waals surface area contributed by atoms with Crippen LogP contribution in [-0.4, -0.2) is 38.5 Å². The fourth-order valence-electron chi connectivity index (χ4n) is 2.88. The van der Waals surface area contributed by atoms with Crippen LogP contribution >= 0.6 is 7.81 Å². The summed E-state index contributed by atoms with van der Waals surface area (Å²) in [6.07, 6.45) is 4.72. The molecule has 1 atom stereocenters. The molecular formula is C16H33F6N2P. The third-order valence-corrected chi connectivity index (χ3v) is 5.38. The number of nitrogens with zero attached hydrogens (tertiary/aromatic N) is 2. The molecule has 0 radical (unpaired) electrons. The Morgan fingerprint density at radius 2 is 1.32 bits per heavy atom. The molecule has 9 heteroatoms. The van der Waals surface area contributed by atoms with Crippen LogP contribution in [0.15, 0.2) is 0 Å². The molecule has 1 heterocycles. The van der Waals surface area contributed by atoms with Gasteiger partial charge in [0.05, 0.1) is 0 Å². The summed E-state index contributed by atoms with van der Waals surface area (Å²) in [7, 11) is -10.7. The van der Waals surface area contributed by atoms with Crippen molar-refractivity contribution >= 4 is 14.1 Å². The van der Waals surface area contributed by atoms with Gasteiger partial charge in [0, 0.05) is 0 Å². The molecule has 1 aliphatic heterocycles. The minimum absolute atomic E-state index is 0.186. The van der Waals surface area contributed by atoms with E-state index < -0.39 is 7.81 Å². The zero-order valence-corrected chi connectivity index (χ0v) is 17.6. The normalized spacial score (nSPS) is 24.0. The molecule has 1 rings (SSSR count). The first kappa shape index (κ1) is 24.5.